The third kappa shape index (κ3) is 14.2. The average Bonchev–Trinajstić information content (AvgIpc) is 2.59. The van der Waals surface area contributed by atoms with Crippen LogP contribution in [0.2, 0.25) is 0 Å². The Hall–Kier alpha value is -0.990. The maximum absolute atomic E-state index is 11.7. The summed E-state index contributed by atoms with van der Waals surface area (Å²) in [7, 11) is -4.31. The van der Waals surface area contributed by atoms with Gasteiger partial charge in [0.1, 0.15) is 6.61 Å². The molecule has 0 spiro atoms. The molecule has 0 aliphatic heterocycles. The highest BCUT2D eigenvalue weighted by atomic mass is 31.2. The van der Waals surface area contributed by atoms with Gasteiger partial charge in [-0.15, -0.1) is 0 Å². The molecule has 154 valence electrons. The fourth-order valence-electron chi connectivity index (χ4n) is 1.90. The zero-order valence-corrected chi connectivity index (χ0v) is 16.6. The minimum absolute atomic E-state index is 0.0540. The Balaban J connectivity index is 4.43. The SMILES string of the molecule is CCCCCCC(=O)OC[C@@H](COP(=O)(O)OCCN)OC(=O)CCC. The number of rotatable bonds is 16. The van der Waals surface area contributed by atoms with Gasteiger partial charge in [-0.1, -0.05) is 33.1 Å². The molecule has 0 aromatic carbocycles. The van der Waals surface area contributed by atoms with Gasteiger partial charge in [-0.05, 0) is 12.8 Å². The van der Waals surface area contributed by atoms with E-state index >= 15 is 0 Å². The van der Waals surface area contributed by atoms with Gasteiger partial charge in [-0.3, -0.25) is 18.6 Å². The molecule has 0 aliphatic carbocycles. The standard InChI is InChI=1S/C16H32NO8P/c1-3-5-6-7-9-15(18)22-12-14(25-16(19)8-4-2)13-24-26(20,21)23-11-10-17/h14H,3-13,17H2,1-2H3,(H,20,21)/t14-/m0/s1. The predicted octanol–water partition coefficient (Wildman–Crippen LogP) is 2.30. The Labute approximate surface area is 155 Å². The van der Waals surface area contributed by atoms with Gasteiger partial charge in [0.2, 0.25) is 0 Å². The first-order chi connectivity index (χ1) is 12.3. The maximum Gasteiger partial charge on any atom is 0.472 e. The second-order valence-corrected chi connectivity index (χ2v) is 7.20. The fourth-order valence-corrected chi connectivity index (χ4v) is 2.67. The van der Waals surface area contributed by atoms with Crippen molar-refractivity contribution in [1.29, 1.82) is 0 Å². The van der Waals surface area contributed by atoms with Crippen molar-refractivity contribution >= 4 is 19.8 Å². The van der Waals surface area contributed by atoms with E-state index in [2.05, 4.69) is 11.4 Å². The molecule has 3 N–H and O–H groups in total. The summed E-state index contributed by atoms with van der Waals surface area (Å²) in [6, 6.07) is 0. The summed E-state index contributed by atoms with van der Waals surface area (Å²) >= 11 is 0. The molecule has 0 amide bonds. The number of carbonyl (C=O) groups excluding carboxylic acids is 2. The lowest BCUT2D eigenvalue weighted by Gasteiger charge is -2.19. The topological polar surface area (TPSA) is 134 Å². The molecule has 26 heavy (non-hydrogen) atoms. The molecule has 0 rings (SSSR count). The largest absolute Gasteiger partial charge is 0.472 e. The van der Waals surface area contributed by atoms with Crippen LogP contribution in [0.15, 0.2) is 0 Å². The fraction of sp³-hybridized carbons (Fsp3) is 0.875. The van der Waals surface area contributed by atoms with Crippen LogP contribution in [-0.4, -0.2) is 49.3 Å². The quantitative estimate of drug-likeness (QED) is 0.228. The number of hydrogen-bond donors (Lipinski definition) is 2. The van der Waals surface area contributed by atoms with Gasteiger partial charge in [-0.25, -0.2) is 4.57 Å². The van der Waals surface area contributed by atoms with E-state index < -0.39 is 32.5 Å². The van der Waals surface area contributed by atoms with E-state index in [1.54, 1.807) is 0 Å². The molecule has 0 heterocycles. The van der Waals surface area contributed by atoms with Gasteiger partial charge in [0.15, 0.2) is 6.10 Å². The minimum atomic E-state index is -4.31. The monoisotopic (exact) mass is 397 g/mol. The van der Waals surface area contributed by atoms with Gasteiger partial charge in [-0.2, -0.15) is 0 Å². The highest BCUT2D eigenvalue weighted by Crippen LogP contribution is 2.43. The number of nitrogens with two attached hydrogens (primary N) is 1. The second-order valence-electron chi connectivity index (χ2n) is 5.74. The first kappa shape index (κ1) is 25.0. The smallest absolute Gasteiger partial charge is 0.462 e. The van der Waals surface area contributed by atoms with Crippen LogP contribution in [0.1, 0.15) is 58.8 Å². The summed E-state index contributed by atoms with van der Waals surface area (Å²) in [5.74, 6) is -0.917. The van der Waals surface area contributed by atoms with Crippen LogP contribution in [0.5, 0.6) is 0 Å². The summed E-state index contributed by atoms with van der Waals surface area (Å²) in [5.41, 5.74) is 5.19. The number of esters is 2. The Kier molecular flexibility index (Phi) is 14.5. The third-order valence-electron chi connectivity index (χ3n) is 3.21. The predicted molar refractivity (Wildman–Crippen MR) is 95.3 cm³/mol. The number of phosphoric acid groups is 1. The molecule has 0 aliphatic rings. The van der Waals surface area contributed by atoms with Gasteiger partial charge in [0.25, 0.3) is 0 Å². The number of phosphoric ester groups is 1. The van der Waals surface area contributed by atoms with Crippen LogP contribution in [0, 0.1) is 0 Å². The van der Waals surface area contributed by atoms with Crippen molar-refractivity contribution in [2.45, 2.75) is 64.9 Å². The van der Waals surface area contributed by atoms with Crippen LogP contribution in [0.4, 0.5) is 0 Å². The van der Waals surface area contributed by atoms with E-state index in [1.165, 1.54) is 0 Å². The normalized spacial score (nSPS) is 14.5. The summed E-state index contributed by atoms with van der Waals surface area (Å²) < 4.78 is 31.2. The zero-order valence-electron chi connectivity index (χ0n) is 15.7. The molecule has 0 saturated carbocycles. The molecule has 2 atom stereocenters. The lowest BCUT2D eigenvalue weighted by molar-refractivity contribution is -0.161. The lowest BCUT2D eigenvalue weighted by Crippen LogP contribution is -2.29. The van der Waals surface area contributed by atoms with Gasteiger partial charge >= 0.3 is 19.8 Å². The van der Waals surface area contributed by atoms with E-state index in [0.717, 1.165) is 25.7 Å². The molecular weight excluding hydrogens is 365 g/mol. The first-order valence-electron chi connectivity index (χ1n) is 9.01. The van der Waals surface area contributed by atoms with Crippen molar-refractivity contribution in [3.63, 3.8) is 0 Å². The third-order valence-corrected chi connectivity index (χ3v) is 4.20. The highest BCUT2D eigenvalue weighted by Gasteiger charge is 2.25. The van der Waals surface area contributed by atoms with E-state index in [1.807, 2.05) is 6.92 Å². The first-order valence-corrected chi connectivity index (χ1v) is 10.5. The van der Waals surface area contributed by atoms with Crippen LogP contribution in [-0.2, 0) is 32.7 Å². The number of ether oxygens (including phenoxy) is 2. The molecule has 0 aromatic heterocycles. The van der Waals surface area contributed by atoms with Crippen LogP contribution >= 0.6 is 7.82 Å². The zero-order chi connectivity index (χ0) is 19.8. The van der Waals surface area contributed by atoms with Crippen molar-refractivity contribution in [2.75, 3.05) is 26.4 Å². The van der Waals surface area contributed by atoms with E-state index in [-0.39, 0.29) is 32.6 Å². The van der Waals surface area contributed by atoms with E-state index in [0.29, 0.717) is 6.42 Å². The second kappa shape index (κ2) is 15.1. The Morgan fingerprint density at radius 1 is 1.00 bits per heavy atom. The van der Waals surface area contributed by atoms with Gasteiger partial charge < -0.3 is 20.1 Å². The Morgan fingerprint density at radius 2 is 1.73 bits per heavy atom. The molecule has 0 bridgehead atoms. The molecule has 1 unspecified atom stereocenters. The molecule has 9 nitrogen and oxygen atoms in total. The molecule has 0 aromatic rings. The average molecular weight is 397 g/mol. The number of unbranched alkanes of at least 4 members (excludes halogenated alkanes) is 3. The molecule has 10 heteroatoms. The summed E-state index contributed by atoms with van der Waals surface area (Å²) in [6.07, 6.45) is 3.83. The minimum Gasteiger partial charge on any atom is -0.462 e. The molecule has 0 saturated heterocycles. The summed E-state index contributed by atoms with van der Waals surface area (Å²) in [4.78, 5) is 32.8. The van der Waals surface area contributed by atoms with E-state index in [9.17, 15) is 19.0 Å². The van der Waals surface area contributed by atoms with Crippen molar-refractivity contribution in [3.05, 3.63) is 0 Å². The van der Waals surface area contributed by atoms with Crippen LogP contribution in [0.25, 0.3) is 0 Å². The number of hydrogen-bond acceptors (Lipinski definition) is 8. The summed E-state index contributed by atoms with van der Waals surface area (Å²) in [5, 5.41) is 0. The van der Waals surface area contributed by atoms with Crippen molar-refractivity contribution in [1.82, 2.24) is 0 Å². The van der Waals surface area contributed by atoms with Crippen molar-refractivity contribution in [2.24, 2.45) is 5.73 Å². The molecule has 0 fully saturated rings. The summed E-state index contributed by atoms with van der Waals surface area (Å²) in [6.45, 7) is 3.10. The number of carbonyl (C=O) groups is 2. The Morgan fingerprint density at radius 3 is 2.35 bits per heavy atom. The highest BCUT2D eigenvalue weighted by molar-refractivity contribution is 7.47. The molecular formula is C16H32NO8P. The van der Waals surface area contributed by atoms with Crippen molar-refractivity contribution < 1.29 is 37.6 Å². The van der Waals surface area contributed by atoms with Crippen LogP contribution < -0.4 is 5.73 Å². The van der Waals surface area contributed by atoms with Crippen LogP contribution in [0.3, 0.4) is 0 Å². The van der Waals surface area contributed by atoms with Crippen molar-refractivity contribution in [3.8, 4) is 0 Å². The maximum atomic E-state index is 11.7. The van der Waals surface area contributed by atoms with E-state index in [4.69, 9.17) is 19.7 Å². The Bertz CT molecular complexity index is 446. The van der Waals surface area contributed by atoms with Gasteiger partial charge in [0, 0.05) is 19.4 Å². The molecule has 0 radical (unpaired) electrons. The lowest BCUT2D eigenvalue weighted by atomic mass is 10.2. The van der Waals surface area contributed by atoms with Gasteiger partial charge in [0.05, 0.1) is 13.2 Å².